The Bertz CT molecular complexity index is 607. The molecule has 0 radical (unpaired) electrons. The van der Waals surface area contributed by atoms with Crippen LogP contribution in [-0.4, -0.2) is 28.4 Å². The summed E-state index contributed by atoms with van der Waals surface area (Å²) in [7, 11) is 1.61. The third-order valence-corrected chi connectivity index (χ3v) is 2.90. The molecule has 0 saturated heterocycles. The molecule has 0 bridgehead atoms. The Balaban J connectivity index is 2.10. The maximum absolute atomic E-state index is 10.4. The number of benzene rings is 1. The lowest BCUT2D eigenvalue weighted by molar-refractivity contribution is -0.137. The van der Waals surface area contributed by atoms with Gasteiger partial charge in [0.2, 0.25) is 11.8 Å². The summed E-state index contributed by atoms with van der Waals surface area (Å²) in [4.78, 5) is 10.4. The van der Waals surface area contributed by atoms with Crippen molar-refractivity contribution in [2.75, 3.05) is 7.11 Å². The molecule has 106 valence electrons. The van der Waals surface area contributed by atoms with Crippen LogP contribution >= 0.6 is 0 Å². The molecule has 1 aromatic carbocycles. The molecule has 0 aliphatic heterocycles. The number of methoxy groups -OCH3 is 1. The zero-order valence-corrected chi connectivity index (χ0v) is 11.4. The van der Waals surface area contributed by atoms with E-state index in [4.69, 9.17) is 14.3 Å². The summed E-state index contributed by atoms with van der Waals surface area (Å²) in [6.07, 6.45) is 1.03. The van der Waals surface area contributed by atoms with Crippen molar-refractivity contribution >= 4 is 5.97 Å². The third-order valence-electron chi connectivity index (χ3n) is 2.90. The Morgan fingerprint density at radius 2 is 2.20 bits per heavy atom. The number of ether oxygens (including phenoxy) is 1. The topological polar surface area (TPSA) is 85.5 Å². The van der Waals surface area contributed by atoms with Gasteiger partial charge in [-0.1, -0.05) is 6.07 Å². The van der Waals surface area contributed by atoms with Crippen LogP contribution in [0.3, 0.4) is 0 Å². The minimum atomic E-state index is -0.826. The second-order valence-corrected chi connectivity index (χ2v) is 4.43. The molecule has 0 saturated carbocycles. The Hall–Kier alpha value is -2.37. The van der Waals surface area contributed by atoms with Gasteiger partial charge >= 0.3 is 5.97 Å². The molecule has 1 N–H and O–H groups in total. The largest absolute Gasteiger partial charge is 0.496 e. The number of carboxylic acids is 1. The maximum Gasteiger partial charge on any atom is 0.303 e. The highest BCUT2D eigenvalue weighted by Gasteiger charge is 2.11. The van der Waals surface area contributed by atoms with Gasteiger partial charge in [0.05, 0.1) is 7.11 Å². The first kappa shape index (κ1) is 14.0. The summed E-state index contributed by atoms with van der Waals surface area (Å²) in [6, 6.07) is 5.64. The first-order valence-electron chi connectivity index (χ1n) is 6.29. The lowest BCUT2D eigenvalue weighted by atomic mass is 10.1. The fourth-order valence-electron chi connectivity index (χ4n) is 1.82. The van der Waals surface area contributed by atoms with Crippen LogP contribution in [0.15, 0.2) is 22.6 Å². The van der Waals surface area contributed by atoms with Gasteiger partial charge in [0, 0.05) is 18.4 Å². The van der Waals surface area contributed by atoms with Crippen molar-refractivity contribution in [3.05, 3.63) is 29.7 Å². The van der Waals surface area contributed by atoms with E-state index in [0.29, 0.717) is 24.6 Å². The number of aliphatic carboxylic acids is 1. The average Bonchev–Trinajstić information content (AvgIpc) is 2.87. The fraction of sp³-hybridized carbons (Fsp3) is 0.357. The van der Waals surface area contributed by atoms with Crippen LogP contribution in [0.25, 0.3) is 11.5 Å². The van der Waals surface area contributed by atoms with Crippen LogP contribution < -0.4 is 4.74 Å². The van der Waals surface area contributed by atoms with E-state index in [-0.39, 0.29) is 6.42 Å². The zero-order valence-electron chi connectivity index (χ0n) is 11.4. The molecule has 2 rings (SSSR count). The van der Waals surface area contributed by atoms with Crippen molar-refractivity contribution in [3.63, 3.8) is 0 Å². The van der Waals surface area contributed by atoms with E-state index in [0.717, 1.165) is 16.9 Å². The van der Waals surface area contributed by atoms with Crippen molar-refractivity contribution in [1.82, 2.24) is 10.2 Å². The molecule has 0 fully saturated rings. The number of aryl methyl sites for hydroxylation is 2. The maximum atomic E-state index is 10.4. The zero-order chi connectivity index (χ0) is 14.5. The van der Waals surface area contributed by atoms with Gasteiger partial charge < -0.3 is 14.3 Å². The van der Waals surface area contributed by atoms with Crippen LogP contribution in [0.2, 0.25) is 0 Å². The molecule has 20 heavy (non-hydrogen) atoms. The molecular weight excluding hydrogens is 260 g/mol. The highest BCUT2D eigenvalue weighted by atomic mass is 16.5. The molecule has 1 heterocycles. The van der Waals surface area contributed by atoms with Crippen molar-refractivity contribution in [1.29, 1.82) is 0 Å². The summed E-state index contributed by atoms with van der Waals surface area (Å²) < 4.78 is 10.8. The molecule has 0 aliphatic carbocycles. The second-order valence-electron chi connectivity index (χ2n) is 4.43. The number of hydrogen-bond donors (Lipinski definition) is 1. The van der Waals surface area contributed by atoms with E-state index < -0.39 is 5.97 Å². The normalized spacial score (nSPS) is 10.5. The Morgan fingerprint density at radius 1 is 1.40 bits per heavy atom. The lowest BCUT2D eigenvalue weighted by Gasteiger charge is -2.04. The summed E-state index contributed by atoms with van der Waals surface area (Å²) >= 11 is 0. The van der Waals surface area contributed by atoms with Gasteiger partial charge in [0.15, 0.2) is 0 Å². The van der Waals surface area contributed by atoms with Gasteiger partial charge in [-0.3, -0.25) is 4.79 Å². The van der Waals surface area contributed by atoms with E-state index in [1.807, 2.05) is 25.1 Å². The van der Waals surface area contributed by atoms with Crippen LogP contribution in [0.4, 0.5) is 0 Å². The van der Waals surface area contributed by atoms with E-state index >= 15 is 0 Å². The van der Waals surface area contributed by atoms with Gasteiger partial charge in [-0.05, 0) is 31.0 Å². The molecular formula is C14H16N2O4. The monoisotopic (exact) mass is 276 g/mol. The molecule has 6 heteroatoms. The average molecular weight is 276 g/mol. The molecule has 2 aromatic rings. The van der Waals surface area contributed by atoms with E-state index in [1.165, 1.54) is 0 Å². The van der Waals surface area contributed by atoms with E-state index in [9.17, 15) is 4.79 Å². The Labute approximate surface area is 116 Å². The van der Waals surface area contributed by atoms with Crippen molar-refractivity contribution in [3.8, 4) is 17.2 Å². The second kappa shape index (κ2) is 6.18. The van der Waals surface area contributed by atoms with Gasteiger partial charge in [-0.25, -0.2) is 0 Å². The number of hydrogen-bond acceptors (Lipinski definition) is 5. The number of aromatic nitrogens is 2. The predicted molar refractivity (Wildman–Crippen MR) is 71.6 cm³/mol. The van der Waals surface area contributed by atoms with Crippen molar-refractivity contribution in [2.45, 2.75) is 26.2 Å². The molecule has 0 amide bonds. The Morgan fingerprint density at radius 3 is 2.90 bits per heavy atom. The number of nitrogens with zero attached hydrogens (tertiary/aromatic N) is 2. The molecule has 0 atom stereocenters. The van der Waals surface area contributed by atoms with Crippen molar-refractivity contribution < 1.29 is 19.1 Å². The number of rotatable bonds is 6. The standard InChI is InChI=1S/C14H16N2O4/c1-9-6-7-10(8-11(9)19-2)14-16-15-12(20-14)4-3-5-13(17)18/h6-8H,3-5H2,1-2H3,(H,17,18). The highest BCUT2D eigenvalue weighted by molar-refractivity contribution is 5.66. The minimum absolute atomic E-state index is 0.0933. The number of carbonyl (C=O) groups is 1. The van der Waals surface area contributed by atoms with Crippen LogP contribution in [0.5, 0.6) is 5.75 Å². The molecule has 0 aliphatic rings. The first-order chi connectivity index (χ1) is 9.60. The van der Waals surface area contributed by atoms with Gasteiger partial charge in [-0.15, -0.1) is 10.2 Å². The summed E-state index contributed by atoms with van der Waals surface area (Å²) in [5, 5.41) is 16.5. The Kier molecular flexibility index (Phi) is 4.34. The quantitative estimate of drug-likeness (QED) is 0.872. The van der Waals surface area contributed by atoms with Gasteiger partial charge in [-0.2, -0.15) is 0 Å². The van der Waals surface area contributed by atoms with Crippen LogP contribution in [-0.2, 0) is 11.2 Å². The molecule has 0 unspecified atom stereocenters. The van der Waals surface area contributed by atoms with E-state index in [2.05, 4.69) is 10.2 Å². The van der Waals surface area contributed by atoms with Crippen molar-refractivity contribution in [2.24, 2.45) is 0 Å². The summed E-state index contributed by atoms with van der Waals surface area (Å²) in [5.74, 6) is 0.788. The molecule has 0 spiro atoms. The van der Waals surface area contributed by atoms with E-state index in [1.54, 1.807) is 7.11 Å². The third kappa shape index (κ3) is 3.34. The lowest BCUT2D eigenvalue weighted by Crippen LogP contribution is -1.95. The predicted octanol–water partition coefficient (Wildman–Crippen LogP) is 2.46. The fourth-order valence-corrected chi connectivity index (χ4v) is 1.82. The van der Waals surface area contributed by atoms with Gasteiger partial charge in [0.25, 0.3) is 0 Å². The van der Waals surface area contributed by atoms with Gasteiger partial charge in [0.1, 0.15) is 5.75 Å². The molecule has 1 aromatic heterocycles. The minimum Gasteiger partial charge on any atom is -0.496 e. The first-order valence-corrected chi connectivity index (χ1v) is 6.29. The van der Waals surface area contributed by atoms with Crippen LogP contribution in [0, 0.1) is 6.92 Å². The number of carboxylic acid groups (broad SMARTS) is 1. The highest BCUT2D eigenvalue weighted by Crippen LogP contribution is 2.26. The molecule has 6 nitrogen and oxygen atoms in total. The summed E-state index contributed by atoms with van der Waals surface area (Å²) in [5.41, 5.74) is 1.81. The summed E-state index contributed by atoms with van der Waals surface area (Å²) in [6.45, 7) is 1.95. The SMILES string of the molecule is COc1cc(-c2nnc(CCCC(=O)O)o2)ccc1C. The smallest absolute Gasteiger partial charge is 0.303 e. The van der Waals surface area contributed by atoms with Crippen LogP contribution in [0.1, 0.15) is 24.3 Å².